The van der Waals surface area contributed by atoms with Gasteiger partial charge >= 0.3 is 6.18 Å². The molecule has 0 aromatic heterocycles. The molecular formula is C14H13ClF3N. The van der Waals surface area contributed by atoms with E-state index in [0.717, 1.165) is 25.0 Å². The van der Waals surface area contributed by atoms with Crippen molar-refractivity contribution in [3.8, 4) is 0 Å². The molecule has 0 heterocycles. The highest BCUT2D eigenvalue weighted by Gasteiger charge is 2.41. The van der Waals surface area contributed by atoms with E-state index >= 15 is 0 Å². The van der Waals surface area contributed by atoms with Crippen LogP contribution in [0, 0.1) is 11.8 Å². The molecule has 1 fully saturated rings. The van der Waals surface area contributed by atoms with Crippen LogP contribution < -0.4 is 5.32 Å². The van der Waals surface area contributed by atoms with Crippen LogP contribution in [0.25, 0.3) is 0 Å². The van der Waals surface area contributed by atoms with Gasteiger partial charge in [-0.3, -0.25) is 0 Å². The number of halogens is 4. The van der Waals surface area contributed by atoms with Crippen molar-refractivity contribution in [3.63, 3.8) is 0 Å². The van der Waals surface area contributed by atoms with Gasteiger partial charge in [-0.15, -0.1) is 0 Å². The number of hydrogen-bond donors (Lipinski definition) is 1. The van der Waals surface area contributed by atoms with Gasteiger partial charge in [0.15, 0.2) is 0 Å². The Labute approximate surface area is 114 Å². The molecule has 1 aromatic carbocycles. The van der Waals surface area contributed by atoms with E-state index in [1.165, 1.54) is 6.07 Å². The normalized spacial score (nSPS) is 28.9. The van der Waals surface area contributed by atoms with E-state index in [4.69, 9.17) is 11.6 Å². The first-order chi connectivity index (χ1) is 8.95. The summed E-state index contributed by atoms with van der Waals surface area (Å²) in [5.74, 6) is 1.09. The van der Waals surface area contributed by atoms with Gasteiger partial charge in [0, 0.05) is 12.0 Å². The van der Waals surface area contributed by atoms with Crippen molar-refractivity contribution in [1.82, 2.24) is 0 Å². The number of benzene rings is 1. The van der Waals surface area contributed by atoms with Crippen molar-refractivity contribution < 1.29 is 13.2 Å². The number of nitrogens with one attached hydrogen (secondary N) is 1. The maximum Gasteiger partial charge on any atom is 0.416 e. The molecule has 2 aliphatic carbocycles. The van der Waals surface area contributed by atoms with Crippen molar-refractivity contribution in [2.24, 2.45) is 11.8 Å². The molecule has 1 saturated carbocycles. The molecule has 3 rings (SSSR count). The van der Waals surface area contributed by atoms with Crippen molar-refractivity contribution >= 4 is 17.3 Å². The molecule has 1 nitrogen and oxygen atoms in total. The Balaban J connectivity index is 1.79. The van der Waals surface area contributed by atoms with Crippen molar-refractivity contribution in [3.05, 3.63) is 40.9 Å². The predicted molar refractivity (Wildman–Crippen MR) is 69.2 cm³/mol. The summed E-state index contributed by atoms with van der Waals surface area (Å²) >= 11 is 5.97. The van der Waals surface area contributed by atoms with Crippen LogP contribution in [-0.4, -0.2) is 6.04 Å². The zero-order valence-electron chi connectivity index (χ0n) is 10.0. The second-order valence-electron chi connectivity index (χ2n) is 5.18. The molecule has 5 heteroatoms. The van der Waals surface area contributed by atoms with Gasteiger partial charge in [-0.05, 0) is 37.0 Å². The second-order valence-corrected chi connectivity index (χ2v) is 5.59. The van der Waals surface area contributed by atoms with Crippen LogP contribution in [0.1, 0.15) is 18.4 Å². The van der Waals surface area contributed by atoms with Crippen molar-refractivity contribution in [1.29, 1.82) is 0 Å². The Hall–Kier alpha value is -1.16. The van der Waals surface area contributed by atoms with Crippen LogP contribution in [-0.2, 0) is 6.18 Å². The van der Waals surface area contributed by atoms with E-state index in [9.17, 15) is 13.2 Å². The number of hydrogen-bond acceptors (Lipinski definition) is 1. The maximum absolute atomic E-state index is 12.7. The quantitative estimate of drug-likeness (QED) is 0.775. The van der Waals surface area contributed by atoms with E-state index in [2.05, 4.69) is 17.5 Å². The minimum absolute atomic E-state index is 0.199. The average Bonchev–Trinajstić information content (AvgIpc) is 2.68. The minimum atomic E-state index is -4.34. The van der Waals surface area contributed by atoms with Crippen LogP contribution in [0.3, 0.4) is 0 Å². The fourth-order valence-electron chi connectivity index (χ4n) is 2.90. The van der Waals surface area contributed by atoms with Gasteiger partial charge in [0.05, 0.1) is 16.3 Å². The maximum atomic E-state index is 12.7. The monoisotopic (exact) mass is 287 g/mol. The fourth-order valence-corrected chi connectivity index (χ4v) is 3.07. The summed E-state index contributed by atoms with van der Waals surface area (Å²) in [5.41, 5.74) is -0.294. The highest BCUT2D eigenvalue weighted by atomic mass is 35.5. The number of rotatable bonds is 2. The fraction of sp³-hybridized carbons (Fsp3) is 0.429. The molecular weight excluding hydrogens is 275 g/mol. The summed E-state index contributed by atoms with van der Waals surface area (Å²) < 4.78 is 38.0. The SMILES string of the molecule is FC(F)(F)c1ccc(Cl)c(NC2CC3CC=CC32)c1. The van der Waals surface area contributed by atoms with Crippen LogP contribution >= 0.6 is 11.6 Å². The van der Waals surface area contributed by atoms with Gasteiger partial charge in [0.1, 0.15) is 0 Å². The van der Waals surface area contributed by atoms with Crippen LogP contribution in [0.5, 0.6) is 0 Å². The van der Waals surface area contributed by atoms with Gasteiger partial charge in [0.2, 0.25) is 0 Å². The third kappa shape index (κ3) is 2.34. The molecule has 0 saturated heterocycles. The molecule has 3 unspecified atom stereocenters. The lowest BCUT2D eigenvalue weighted by molar-refractivity contribution is -0.137. The third-order valence-corrected chi connectivity index (χ3v) is 4.33. The second kappa shape index (κ2) is 4.44. The van der Waals surface area contributed by atoms with Crippen LogP contribution in [0.15, 0.2) is 30.4 Å². The van der Waals surface area contributed by atoms with E-state index < -0.39 is 11.7 Å². The highest BCUT2D eigenvalue weighted by Crippen LogP contribution is 2.45. The smallest absolute Gasteiger partial charge is 0.380 e. The molecule has 0 aliphatic heterocycles. The Morgan fingerprint density at radius 3 is 2.74 bits per heavy atom. The summed E-state index contributed by atoms with van der Waals surface area (Å²) in [6, 6.07) is 3.60. The Kier molecular flexibility index (Phi) is 3.01. The topological polar surface area (TPSA) is 12.0 Å². The van der Waals surface area contributed by atoms with Gasteiger partial charge in [0.25, 0.3) is 0 Å². The van der Waals surface area contributed by atoms with Gasteiger partial charge in [-0.25, -0.2) is 0 Å². The molecule has 1 N–H and O–H groups in total. The Morgan fingerprint density at radius 1 is 1.26 bits per heavy atom. The molecule has 0 radical (unpaired) electrons. The van der Waals surface area contributed by atoms with Gasteiger partial charge in [-0.2, -0.15) is 13.2 Å². The molecule has 1 aromatic rings. The third-order valence-electron chi connectivity index (χ3n) is 4.00. The Morgan fingerprint density at radius 2 is 2.05 bits per heavy atom. The number of fused-ring (bicyclic) bond motifs is 1. The average molecular weight is 288 g/mol. The van der Waals surface area contributed by atoms with Crippen LogP contribution in [0.4, 0.5) is 18.9 Å². The zero-order valence-corrected chi connectivity index (χ0v) is 10.8. The minimum Gasteiger partial charge on any atom is -0.380 e. The first-order valence-corrected chi connectivity index (χ1v) is 6.63. The lowest BCUT2D eigenvalue weighted by atomic mass is 9.71. The van der Waals surface area contributed by atoms with Crippen molar-refractivity contribution in [2.45, 2.75) is 25.1 Å². The molecule has 0 spiro atoms. The standard InChI is InChI=1S/C14H13ClF3N/c15-11-5-4-9(14(16,17)18)7-13(11)19-12-6-8-2-1-3-10(8)12/h1,3-5,7-8,10,12,19H,2,6H2. The molecule has 2 aliphatic rings. The molecule has 3 atom stereocenters. The first-order valence-electron chi connectivity index (χ1n) is 6.25. The lowest BCUT2D eigenvalue weighted by Crippen LogP contribution is -2.43. The molecule has 19 heavy (non-hydrogen) atoms. The Bertz CT molecular complexity index is 524. The zero-order chi connectivity index (χ0) is 13.6. The summed E-state index contributed by atoms with van der Waals surface area (Å²) in [4.78, 5) is 0. The first kappa shape index (κ1) is 12.9. The van der Waals surface area contributed by atoms with Gasteiger partial charge in [-0.1, -0.05) is 23.8 Å². The van der Waals surface area contributed by atoms with Crippen LogP contribution in [0.2, 0.25) is 5.02 Å². The van der Waals surface area contributed by atoms with Gasteiger partial charge < -0.3 is 5.32 Å². The summed E-state index contributed by atoms with van der Waals surface area (Å²) in [6.45, 7) is 0. The lowest BCUT2D eigenvalue weighted by Gasteiger charge is -2.41. The largest absolute Gasteiger partial charge is 0.416 e. The number of anilines is 1. The van der Waals surface area contributed by atoms with E-state index in [-0.39, 0.29) is 6.04 Å². The van der Waals surface area contributed by atoms with E-state index in [1.54, 1.807) is 0 Å². The molecule has 0 amide bonds. The van der Waals surface area contributed by atoms with E-state index in [1.807, 2.05) is 0 Å². The summed E-state index contributed by atoms with van der Waals surface area (Å²) in [7, 11) is 0. The van der Waals surface area contributed by atoms with Crippen molar-refractivity contribution in [2.75, 3.05) is 5.32 Å². The van der Waals surface area contributed by atoms with E-state index in [0.29, 0.717) is 22.5 Å². The molecule has 0 bridgehead atoms. The number of alkyl halides is 3. The predicted octanol–water partition coefficient (Wildman–Crippen LogP) is 4.74. The summed E-state index contributed by atoms with van der Waals surface area (Å²) in [6.07, 6.45) is 2.03. The molecule has 102 valence electrons. The number of allylic oxidation sites excluding steroid dienone is 1. The summed E-state index contributed by atoms with van der Waals surface area (Å²) in [5, 5.41) is 3.48. The highest BCUT2D eigenvalue weighted by molar-refractivity contribution is 6.33.